The highest BCUT2D eigenvalue weighted by Gasteiger charge is 2.17. The Morgan fingerprint density at radius 2 is 0.750 bits per heavy atom. The van der Waals surface area contributed by atoms with Crippen LogP contribution in [0.4, 0.5) is 4.79 Å². The Bertz CT molecular complexity index is 349. The van der Waals surface area contributed by atoms with Crippen molar-refractivity contribution in [2.24, 2.45) is 0 Å². The average Bonchev–Trinajstić information content (AvgIpc) is 2.80. The van der Waals surface area contributed by atoms with Gasteiger partial charge in [-0.3, -0.25) is 0 Å². The van der Waals surface area contributed by atoms with E-state index >= 15 is 0 Å². The van der Waals surface area contributed by atoms with Gasteiger partial charge in [0.25, 0.3) is 0 Å². The van der Waals surface area contributed by atoms with Crippen LogP contribution in [0.1, 0.15) is 169 Å². The molecule has 3 nitrogen and oxygen atoms in total. The zero-order valence-corrected chi connectivity index (χ0v) is 22.4. The summed E-state index contributed by atoms with van der Waals surface area (Å²) in [5.74, 6) is 0. The topological polar surface area (TPSA) is 35.5 Å². The second-order valence-corrected chi connectivity index (χ2v) is 9.78. The van der Waals surface area contributed by atoms with E-state index in [1.54, 1.807) is 0 Å². The zero-order chi connectivity index (χ0) is 23.7. The van der Waals surface area contributed by atoms with Crippen LogP contribution in [0.2, 0.25) is 0 Å². The van der Waals surface area contributed by atoms with E-state index in [-0.39, 0.29) is 12.2 Å². The number of carbonyl (C=O) groups is 1. The van der Waals surface area contributed by atoms with E-state index in [9.17, 15) is 4.79 Å². The van der Waals surface area contributed by atoms with Crippen LogP contribution < -0.4 is 0 Å². The molecule has 0 saturated heterocycles. The summed E-state index contributed by atoms with van der Waals surface area (Å²) in [5.41, 5.74) is 0. The highest BCUT2D eigenvalue weighted by molar-refractivity contribution is 5.60. The molecule has 0 N–H and O–H groups in total. The molecular formula is C29H58O3. The standard InChI is InChI=1S/C29H58O3/c1-5-9-11-13-15-17-19-21-23-25-27(7-3)31-29(30)32-28(8-4)26-24-22-20-18-16-14-12-10-6-2/h27-28H,5-26H2,1-4H3. The Morgan fingerprint density at radius 3 is 1.03 bits per heavy atom. The predicted octanol–water partition coefficient (Wildman–Crippen LogP) is 10.5. The first-order valence-electron chi connectivity index (χ1n) is 14.5. The molecule has 2 atom stereocenters. The normalized spacial score (nSPS) is 13.1. The molecular weight excluding hydrogens is 396 g/mol. The van der Waals surface area contributed by atoms with Gasteiger partial charge < -0.3 is 9.47 Å². The second-order valence-electron chi connectivity index (χ2n) is 9.78. The van der Waals surface area contributed by atoms with E-state index in [4.69, 9.17) is 9.47 Å². The molecule has 0 spiro atoms. The molecule has 0 aliphatic rings. The molecule has 0 radical (unpaired) electrons. The summed E-state index contributed by atoms with van der Waals surface area (Å²) >= 11 is 0. The minimum absolute atomic E-state index is 0.0114. The molecule has 0 amide bonds. The van der Waals surface area contributed by atoms with Crippen molar-refractivity contribution in [3.05, 3.63) is 0 Å². The van der Waals surface area contributed by atoms with Gasteiger partial charge in [-0.2, -0.15) is 0 Å². The van der Waals surface area contributed by atoms with Crippen molar-refractivity contribution in [3.63, 3.8) is 0 Å². The first-order chi connectivity index (χ1) is 15.7. The van der Waals surface area contributed by atoms with Crippen LogP contribution in [0.3, 0.4) is 0 Å². The summed E-state index contributed by atoms with van der Waals surface area (Å²) < 4.78 is 11.3. The van der Waals surface area contributed by atoms with Gasteiger partial charge in [-0.1, -0.05) is 130 Å². The third kappa shape index (κ3) is 21.1. The lowest BCUT2D eigenvalue weighted by Gasteiger charge is -2.20. The third-order valence-electron chi connectivity index (χ3n) is 6.70. The largest absolute Gasteiger partial charge is 0.508 e. The Kier molecular flexibility index (Phi) is 24.3. The van der Waals surface area contributed by atoms with Gasteiger partial charge in [0.1, 0.15) is 12.2 Å². The lowest BCUT2D eigenvalue weighted by molar-refractivity contribution is -0.00867. The minimum Gasteiger partial charge on any atom is -0.431 e. The second kappa shape index (κ2) is 24.9. The Balaban J connectivity index is 3.76. The van der Waals surface area contributed by atoms with Gasteiger partial charge in [-0.05, 0) is 38.5 Å². The van der Waals surface area contributed by atoms with Crippen molar-refractivity contribution in [2.45, 2.75) is 181 Å². The quantitative estimate of drug-likeness (QED) is 0.107. The monoisotopic (exact) mass is 454 g/mol. The van der Waals surface area contributed by atoms with E-state index in [0.29, 0.717) is 0 Å². The van der Waals surface area contributed by atoms with E-state index in [1.807, 2.05) is 0 Å². The highest BCUT2D eigenvalue weighted by Crippen LogP contribution is 2.17. The fraction of sp³-hybridized carbons (Fsp3) is 0.966. The number of unbranched alkanes of at least 4 members (excludes halogenated alkanes) is 16. The molecule has 0 aromatic heterocycles. The van der Waals surface area contributed by atoms with E-state index in [0.717, 1.165) is 38.5 Å². The van der Waals surface area contributed by atoms with E-state index in [1.165, 1.54) is 103 Å². The molecule has 0 aromatic rings. The third-order valence-corrected chi connectivity index (χ3v) is 6.70. The predicted molar refractivity (Wildman–Crippen MR) is 139 cm³/mol. The molecule has 0 saturated carbocycles. The highest BCUT2D eigenvalue weighted by atomic mass is 16.7. The van der Waals surface area contributed by atoms with Crippen molar-refractivity contribution in [1.29, 1.82) is 0 Å². The van der Waals surface area contributed by atoms with Gasteiger partial charge in [0.15, 0.2) is 0 Å². The van der Waals surface area contributed by atoms with Crippen molar-refractivity contribution in [1.82, 2.24) is 0 Å². The molecule has 3 heteroatoms. The van der Waals surface area contributed by atoms with E-state index < -0.39 is 6.16 Å². The summed E-state index contributed by atoms with van der Waals surface area (Å²) in [6.45, 7) is 8.74. The fourth-order valence-corrected chi connectivity index (χ4v) is 4.36. The maximum Gasteiger partial charge on any atom is 0.508 e. The van der Waals surface area contributed by atoms with Gasteiger partial charge in [0.2, 0.25) is 0 Å². The van der Waals surface area contributed by atoms with Crippen molar-refractivity contribution in [2.75, 3.05) is 0 Å². The maximum atomic E-state index is 12.3. The summed E-state index contributed by atoms with van der Waals surface area (Å²) in [7, 11) is 0. The zero-order valence-electron chi connectivity index (χ0n) is 22.4. The SMILES string of the molecule is CCCCCCCCCCCC(CC)OC(=O)OC(CC)CCCCCCCCCCC. The molecule has 0 aromatic carbocycles. The average molecular weight is 455 g/mol. The molecule has 0 aliphatic heterocycles. The first kappa shape index (κ1) is 31.3. The summed E-state index contributed by atoms with van der Waals surface area (Å²) in [6.07, 6.45) is 27.1. The van der Waals surface area contributed by atoms with Crippen molar-refractivity contribution in [3.8, 4) is 0 Å². The number of hydrogen-bond acceptors (Lipinski definition) is 3. The number of hydrogen-bond donors (Lipinski definition) is 0. The summed E-state index contributed by atoms with van der Waals surface area (Å²) in [5, 5.41) is 0. The first-order valence-corrected chi connectivity index (χ1v) is 14.5. The van der Waals surface area contributed by atoms with Crippen LogP contribution >= 0.6 is 0 Å². The van der Waals surface area contributed by atoms with Gasteiger partial charge in [0.05, 0.1) is 0 Å². The fourth-order valence-electron chi connectivity index (χ4n) is 4.36. The molecule has 0 heterocycles. The molecule has 192 valence electrons. The van der Waals surface area contributed by atoms with E-state index in [2.05, 4.69) is 27.7 Å². The maximum absolute atomic E-state index is 12.3. The van der Waals surface area contributed by atoms with Crippen LogP contribution in [0.5, 0.6) is 0 Å². The number of ether oxygens (including phenoxy) is 2. The Labute approximate surface area is 201 Å². The van der Waals surface area contributed by atoms with Gasteiger partial charge in [-0.25, -0.2) is 4.79 Å². The van der Waals surface area contributed by atoms with Crippen molar-refractivity contribution >= 4 is 6.16 Å². The minimum atomic E-state index is -0.449. The Morgan fingerprint density at radius 1 is 0.469 bits per heavy atom. The van der Waals surface area contributed by atoms with Crippen LogP contribution in [0, 0.1) is 0 Å². The number of rotatable bonds is 24. The van der Waals surface area contributed by atoms with Crippen LogP contribution in [0.25, 0.3) is 0 Å². The van der Waals surface area contributed by atoms with Gasteiger partial charge >= 0.3 is 6.16 Å². The lowest BCUT2D eigenvalue weighted by atomic mass is 10.0. The molecule has 0 rings (SSSR count). The lowest BCUT2D eigenvalue weighted by Crippen LogP contribution is -2.23. The molecule has 0 aliphatic carbocycles. The van der Waals surface area contributed by atoms with Gasteiger partial charge in [0, 0.05) is 0 Å². The molecule has 0 fully saturated rings. The Hall–Kier alpha value is -0.730. The summed E-state index contributed by atoms with van der Waals surface area (Å²) in [6, 6.07) is 0. The molecule has 32 heavy (non-hydrogen) atoms. The van der Waals surface area contributed by atoms with Crippen LogP contribution in [0.15, 0.2) is 0 Å². The summed E-state index contributed by atoms with van der Waals surface area (Å²) in [4.78, 5) is 12.3. The smallest absolute Gasteiger partial charge is 0.431 e. The molecule has 0 bridgehead atoms. The van der Waals surface area contributed by atoms with Crippen LogP contribution in [-0.4, -0.2) is 18.4 Å². The number of carbonyl (C=O) groups excluding carboxylic acids is 1. The van der Waals surface area contributed by atoms with Crippen molar-refractivity contribution < 1.29 is 14.3 Å². The van der Waals surface area contributed by atoms with Gasteiger partial charge in [-0.15, -0.1) is 0 Å². The molecule has 2 unspecified atom stereocenters. The van der Waals surface area contributed by atoms with Crippen LogP contribution in [-0.2, 0) is 9.47 Å².